The van der Waals surface area contributed by atoms with Gasteiger partial charge in [0.25, 0.3) is 0 Å². The highest BCUT2D eigenvalue weighted by molar-refractivity contribution is 7.89. The Morgan fingerprint density at radius 3 is 2.39 bits per heavy atom. The summed E-state index contributed by atoms with van der Waals surface area (Å²) in [5.74, 6) is 0.260. The maximum atomic E-state index is 12.3. The van der Waals surface area contributed by atoms with Crippen molar-refractivity contribution >= 4 is 15.9 Å². The molecule has 9 heteroatoms. The molecule has 0 aliphatic heterocycles. The van der Waals surface area contributed by atoms with Gasteiger partial charge in [-0.25, -0.2) is 8.42 Å². The third-order valence-electron chi connectivity index (χ3n) is 3.00. The molecule has 1 amide bonds. The standard InChI is InChI=1S/C14H22N2O6S/c1-10(14(17)15-7-8-20-2)16-23(18,19)11-5-6-12(21-3)13(9-11)22-4/h5-6,9-10,16H,7-8H2,1-4H3,(H,15,17)/t10-/m0/s1. The summed E-state index contributed by atoms with van der Waals surface area (Å²) in [5, 5.41) is 2.56. The van der Waals surface area contributed by atoms with E-state index in [9.17, 15) is 13.2 Å². The van der Waals surface area contributed by atoms with Crippen molar-refractivity contribution in [2.24, 2.45) is 0 Å². The SMILES string of the molecule is COCCNC(=O)[C@H](C)NS(=O)(=O)c1ccc(OC)c(OC)c1. The zero-order valence-corrected chi connectivity index (χ0v) is 14.4. The molecule has 0 saturated heterocycles. The maximum absolute atomic E-state index is 12.3. The minimum Gasteiger partial charge on any atom is -0.493 e. The minimum atomic E-state index is -3.87. The predicted molar refractivity (Wildman–Crippen MR) is 84.2 cm³/mol. The molecule has 8 nitrogen and oxygen atoms in total. The number of carbonyl (C=O) groups excluding carboxylic acids is 1. The number of amides is 1. The van der Waals surface area contributed by atoms with Crippen molar-refractivity contribution in [3.63, 3.8) is 0 Å². The molecule has 1 atom stereocenters. The van der Waals surface area contributed by atoms with Crippen LogP contribution in [0.5, 0.6) is 11.5 Å². The van der Waals surface area contributed by atoms with Crippen LogP contribution in [-0.4, -0.2) is 54.8 Å². The average Bonchev–Trinajstić information content (AvgIpc) is 2.53. The second-order valence-electron chi connectivity index (χ2n) is 4.64. The van der Waals surface area contributed by atoms with Crippen molar-refractivity contribution in [2.45, 2.75) is 17.9 Å². The zero-order valence-electron chi connectivity index (χ0n) is 13.6. The summed E-state index contributed by atoms with van der Waals surface area (Å²) in [4.78, 5) is 11.8. The van der Waals surface area contributed by atoms with E-state index in [0.717, 1.165) is 0 Å². The monoisotopic (exact) mass is 346 g/mol. The van der Waals surface area contributed by atoms with E-state index in [1.807, 2.05) is 0 Å². The Labute approximate surface area is 136 Å². The fourth-order valence-corrected chi connectivity index (χ4v) is 2.99. The number of sulfonamides is 1. The van der Waals surface area contributed by atoms with E-state index in [-0.39, 0.29) is 10.6 Å². The van der Waals surface area contributed by atoms with Gasteiger partial charge in [-0.05, 0) is 19.1 Å². The Hall–Kier alpha value is -1.84. The van der Waals surface area contributed by atoms with Crippen LogP contribution in [0.3, 0.4) is 0 Å². The summed E-state index contributed by atoms with van der Waals surface area (Å²) in [6.07, 6.45) is 0. The predicted octanol–water partition coefficient (Wildman–Crippen LogP) is 0.133. The Bertz CT molecular complexity index is 632. The van der Waals surface area contributed by atoms with Gasteiger partial charge in [-0.15, -0.1) is 0 Å². The molecule has 1 aromatic carbocycles. The molecule has 0 saturated carbocycles. The third kappa shape index (κ3) is 5.38. The molecule has 0 aliphatic carbocycles. The number of hydrogen-bond acceptors (Lipinski definition) is 6. The van der Waals surface area contributed by atoms with E-state index < -0.39 is 22.0 Å². The van der Waals surface area contributed by atoms with Crippen LogP contribution in [0.1, 0.15) is 6.92 Å². The van der Waals surface area contributed by atoms with Crippen LogP contribution in [0, 0.1) is 0 Å². The molecule has 0 bridgehead atoms. The fourth-order valence-electron chi connectivity index (χ4n) is 1.77. The first-order valence-electron chi connectivity index (χ1n) is 6.86. The van der Waals surface area contributed by atoms with Gasteiger partial charge in [-0.3, -0.25) is 4.79 Å². The van der Waals surface area contributed by atoms with E-state index in [1.165, 1.54) is 46.5 Å². The molecule has 0 unspecified atom stereocenters. The lowest BCUT2D eigenvalue weighted by molar-refractivity contribution is -0.122. The lowest BCUT2D eigenvalue weighted by Gasteiger charge is -2.15. The molecule has 0 aromatic heterocycles. The van der Waals surface area contributed by atoms with E-state index in [2.05, 4.69) is 10.0 Å². The average molecular weight is 346 g/mol. The summed E-state index contributed by atoms with van der Waals surface area (Å²) in [6.45, 7) is 2.11. The third-order valence-corrected chi connectivity index (χ3v) is 4.53. The number of nitrogens with one attached hydrogen (secondary N) is 2. The van der Waals surface area contributed by atoms with Crippen LogP contribution in [0.2, 0.25) is 0 Å². The summed E-state index contributed by atoms with van der Waals surface area (Å²) >= 11 is 0. The van der Waals surface area contributed by atoms with Gasteiger partial charge in [-0.1, -0.05) is 0 Å². The second-order valence-corrected chi connectivity index (χ2v) is 6.36. The van der Waals surface area contributed by atoms with E-state index in [1.54, 1.807) is 0 Å². The lowest BCUT2D eigenvalue weighted by atomic mass is 10.3. The number of methoxy groups -OCH3 is 3. The van der Waals surface area contributed by atoms with Crippen LogP contribution in [0.4, 0.5) is 0 Å². The normalized spacial score (nSPS) is 12.5. The van der Waals surface area contributed by atoms with Crippen molar-refractivity contribution < 1.29 is 27.4 Å². The van der Waals surface area contributed by atoms with Crippen LogP contribution in [0.25, 0.3) is 0 Å². The molecule has 1 aromatic rings. The van der Waals surface area contributed by atoms with Gasteiger partial charge in [0.15, 0.2) is 11.5 Å². The number of ether oxygens (including phenoxy) is 3. The largest absolute Gasteiger partial charge is 0.493 e. The first-order valence-corrected chi connectivity index (χ1v) is 8.35. The Morgan fingerprint density at radius 2 is 1.83 bits per heavy atom. The Kier molecular flexibility index (Phi) is 7.27. The highest BCUT2D eigenvalue weighted by Gasteiger charge is 2.23. The van der Waals surface area contributed by atoms with Gasteiger partial charge in [0.1, 0.15) is 0 Å². The zero-order chi connectivity index (χ0) is 17.5. The molecule has 23 heavy (non-hydrogen) atoms. The first-order chi connectivity index (χ1) is 10.9. The Balaban J connectivity index is 2.84. The number of rotatable bonds is 9. The van der Waals surface area contributed by atoms with Gasteiger partial charge in [0.05, 0.1) is 31.8 Å². The Morgan fingerprint density at radius 1 is 1.17 bits per heavy atom. The fraction of sp³-hybridized carbons (Fsp3) is 0.500. The summed E-state index contributed by atoms with van der Waals surface area (Å²) in [7, 11) is 0.504. The lowest BCUT2D eigenvalue weighted by Crippen LogP contribution is -2.45. The highest BCUT2D eigenvalue weighted by atomic mass is 32.2. The van der Waals surface area contributed by atoms with Crippen molar-refractivity contribution in [1.29, 1.82) is 0 Å². The molecule has 0 aliphatic rings. The topological polar surface area (TPSA) is 103 Å². The molecule has 0 radical (unpaired) electrons. The van der Waals surface area contributed by atoms with Crippen molar-refractivity contribution in [1.82, 2.24) is 10.0 Å². The van der Waals surface area contributed by atoms with Crippen LogP contribution in [0.15, 0.2) is 23.1 Å². The quantitative estimate of drug-likeness (QED) is 0.616. The molecule has 0 spiro atoms. The molecule has 130 valence electrons. The molecule has 0 fully saturated rings. The van der Waals surface area contributed by atoms with Gasteiger partial charge in [0.2, 0.25) is 15.9 Å². The smallest absolute Gasteiger partial charge is 0.241 e. The first kappa shape index (κ1) is 19.2. The van der Waals surface area contributed by atoms with E-state index in [0.29, 0.717) is 18.9 Å². The van der Waals surface area contributed by atoms with Gasteiger partial charge >= 0.3 is 0 Å². The van der Waals surface area contributed by atoms with Crippen LogP contribution >= 0.6 is 0 Å². The molecular formula is C14H22N2O6S. The molecular weight excluding hydrogens is 324 g/mol. The minimum absolute atomic E-state index is 0.0216. The van der Waals surface area contributed by atoms with Gasteiger partial charge in [-0.2, -0.15) is 4.72 Å². The summed E-state index contributed by atoms with van der Waals surface area (Å²) in [5.41, 5.74) is 0. The van der Waals surface area contributed by atoms with Crippen LogP contribution < -0.4 is 19.5 Å². The van der Waals surface area contributed by atoms with E-state index in [4.69, 9.17) is 14.2 Å². The molecule has 0 heterocycles. The molecule has 2 N–H and O–H groups in total. The molecule has 1 rings (SSSR count). The summed E-state index contributed by atoms with van der Waals surface area (Å²) in [6, 6.07) is 3.26. The maximum Gasteiger partial charge on any atom is 0.241 e. The number of carbonyl (C=O) groups is 1. The van der Waals surface area contributed by atoms with Gasteiger partial charge < -0.3 is 19.5 Å². The highest BCUT2D eigenvalue weighted by Crippen LogP contribution is 2.29. The summed E-state index contributed by atoms with van der Waals surface area (Å²) < 4.78 is 41.9. The number of benzene rings is 1. The van der Waals surface area contributed by atoms with Crippen molar-refractivity contribution in [3.8, 4) is 11.5 Å². The second kappa shape index (κ2) is 8.70. The van der Waals surface area contributed by atoms with Crippen molar-refractivity contribution in [3.05, 3.63) is 18.2 Å². The van der Waals surface area contributed by atoms with E-state index >= 15 is 0 Å². The van der Waals surface area contributed by atoms with Crippen LogP contribution in [-0.2, 0) is 19.6 Å². The van der Waals surface area contributed by atoms with Gasteiger partial charge in [0, 0.05) is 19.7 Å². The number of hydrogen-bond donors (Lipinski definition) is 2. The van der Waals surface area contributed by atoms with Crippen molar-refractivity contribution in [2.75, 3.05) is 34.5 Å².